The molecule has 1 aromatic heterocycles. The van der Waals surface area contributed by atoms with Crippen LogP contribution in [0.1, 0.15) is 43.7 Å². The van der Waals surface area contributed by atoms with Gasteiger partial charge in [0.1, 0.15) is 0 Å². The summed E-state index contributed by atoms with van der Waals surface area (Å²) in [5.74, 6) is 0.116. The number of allylic oxidation sites excluding steroid dienone is 2. The lowest BCUT2D eigenvalue weighted by atomic mass is 9.68. The van der Waals surface area contributed by atoms with Gasteiger partial charge in [0.15, 0.2) is 5.78 Å². The van der Waals surface area contributed by atoms with E-state index in [1.165, 1.54) is 0 Å². The van der Waals surface area contributed by atoms with E-state index in [0.717, 1.165) is 45.4 Å². The number of nitrogens with one attached hydrogen (secondary N) is 1. The van der Waals surface area contributed by atoms with E-state index in [1.807, 2.05) is 36.4 Å². The van der Waals surface area contributed by atoms with Crippen molar-refractivity contribution in [2.75, 3.05) is 5.32 Å². The van der Waals surface area contributed by atoms with Crippen LogP contribution in [0.15, 0.2) is 66.0 Å². The van der Waals surface area contributed by atoms with Crippen LogP contribution < -0.4 is 5.32 Å². The quantitative estimate of drug-likeness (QED) is 0.548. The van der Waals surface area contributed by atoms with Crippen LogP contribution >= 0.6 is 11.6 Å². The number of carbonyl (C=O) groups excluding carboxylic acids is 1. The number of pyridine rings is 1. The lowest BCUT2D eigenvalue weighted by Crippen LogP contribution is -2.33. The van der Waals surface area contributed by atoms with Crippen LogP contribution in [-0.2, 0) is 4.79 Å². The van der Waals surface area contributed by atoms with Gasteiger partial charge in [0.05, 0.1) is 5.52 Å². The summed E-state index contributed by atoms with van der Waals surface area (Å²) in [6.07, 6.45) is 3.24. The number of nitrogens with zero attached hydrogens (tertiary/aromatic N) is 1. The molecule has 1 aliphatic heterocycles. The Morgan fingerprint density at radius 1 is 1.07 bits per heavy atom. The number of hydrogen-bond donors (Lipinski definition) is 1. The second-order valence-electron chi connectivity index (χ2n) is 8.54. The summed E-state index contributed by atoms with van der Waals surface area (Å²) >= 11 is 6.15. The van der Waals surface area contributed by atoms with Gasteiger partial charge >= 0.3 is 0 Å². The molecule has 0 radical (unpaired) electrons. The number of fused-ring (bicyclic) bond motifs is 3. The summed E-state index contributed by atoms with van der Waals surface area (Å²) in [6.45, 7) is 4.32. The van der Waals surface area contributed by atoms with Crippen molar-refractivity contribution in [3.8, 4) is 0 Å². The maximum absolute atomic E-state index is 13.3. The van der Waals surface area contributed by atoms with Crippen LogP contribution in [0, 0.1) is 5.41 Å². The molecule has 0 fully saturated rings. The van der Waals surface area contributed by atoms with Gasteiger partial charge in [0, 0.05) is 45.9 Å². The second-order valence-corrected chi connectivity index (χ2v) is 8.98. The molecule has 3 aromatic rings. The van der Waals surface area contributed by atoms with Crippen molar-refractivity contribution in [3.05, 3.63) is 82.1 Å². The maximum atomic E-state index is 13.3. The molecule has 2 heterocycles. The Morgan fingerprint density at radius 2 is 1.86 bits per heavy atom. The lowest BCUT2D eigenvalue weighted by Gasteiger charge is -2.40. The highest BCUT2D eigenvalue weighted by molar-refractivity contribution is 6.30. The number of aromatic nitrogens is 1. The minimum Gasteiger partial charge on any atom is -0.358 e. The summed E-state index contributed by atoms with van der Waals surface area (Å²) in [6, 6.07) is 16.1. The molecule has 0 saturated carbocycles. The standard InChI is InChI=1S/C24H21ClN2O/c1-24(2)12-19-23(20(28)13-24)21(14-5-7-15(25)8-6-14)22-16-4-3-11-26-17(16)9-10-18(22)27-19/h3-11,21,27H,12-13H2,1-2H3/t21-/m1/s1. The zero-order valence-electron chi connectivity index (χ0n) is 15.9. The van der Waals surface area contributed by atoms with Gasteiger partial charge < -0.3 is 5.32 Å². The SMILES string of the molecule is CC1(C)CC(=O)C2=C(C1)Nc1ccc3ncccc3c1[C@H]2c1ccc(Cl)cc1. The number of benzene rings is 2. The van der Waals surface area contributed by atoms with Crippen molar-refractivity contribution < 1.29 is 4.79 Å². The van der Waals surface area contributed by atoms with E-state index in [2.05, 4.69) is 36.3 Å². The minimum atomic E-state index is -0.111. The van der Waals surface area contributed by atoms with Crippen LogP contribution in [0.3, 0.4) is 0 Å². The Bertz CT molecular complexity index is 1140. The summed E-state index contributed by atoms with van der Waals surface area (Å²) in [7, 11) is 0. The van der Waals surface area contributed by atoms with Gasteiger partial charge in [-0.2, -0.15) is 0 Å². The van der Waals surface area contributed by atoms with E-state index in [0.29, 0.717) is 11.4 Å². The molecular weight excluding hydrogens is 368 g/mol. The van der Waals surface area contributed by atoms with Gasteiger partial charge in [0.25, 0.3) is 0 Å². The van der Waals surface area contributed by atoms with E-state index in [1.54, 1.807) is 6.20 Å². The number of hydrogen-bond acceptors (Lipinski definition) is 3. The molecule has 0 unspecified atom stereocenters. The normalized spacial score (nSPS) is 20.5. The molecule has 0 amide bonds. The highest BCUT2D eigenvalue weighted by Crippen LogP contribution is 2.50. The van der Waals surface area contributed by atoms with Crippen LogP contribution in [0.2, 0.25) is 5.02 Å². The molecule has 2 aromatic carbocycles. The van der Waals surface area contributed by atoms with Gasteiger partial charge in [-0.3, -0.25) is 9.78 Å². The van der Waals surface area contributed by atoms with Crippen LogP contribution in [0.5, 0.6) is 0 Å². The summed E-state index contributed by atoms with van der Waals surface area (Å²) in [5, 5.41) is 5.37. The Morgan fingerprint density at radius 3 is 2.64 bits per heavy atom. The molecule has 1 atom stereocenters. The first-order chi connectivity index (χ1) is 13.4. The fourth-order valence-corrected chi connectivity index (χ4v) is 4.80. The predicted octanol–water partition coefficient (Wildman–Crippen LogP) is 6.09. The molecule has 0 bridgehead atoms. The average Bonchev–Trinajstić information content (AvgIpc) is 2.66. The van der Waals surface area contributed by atoms with Crippen molar-refractivity contribution in [3.63, 3.8) is 0 Å². The maximum Gasteiger partial charge on any atom is 0.162 e. The van der Waals surface area contributed by atoms with Gasteiger partial charge in [-0.1, -0.05) is 43.6 Å². The fraction of sp³-hybridized carbons (Fsp3) is 0.250. The molecule has 1 aliphatic carbocycles. The highest BCUT2D eigenvalue weighted by atomic mass is 35.5. The zero-order valence-corrected chi connectivity index (χ0v) is 16.7. The fourth-order valence-electron chi connectivity index (χ4n) is 4.67. The van der Waals surface area contributed by atoms with E-state index in [9.17, 15) is 4.79 Å². The molecule has 1 N–H and O–H groups in total. The van der Waals surface area contributed by atoms with Gasteiger partial charge in [-0.05, 0) is 53.3 Å². The Labute approximate surface area is 169 Å². The first-order valence-corrected chi connectivity index (χ1v) is 9.97. The topological polar surface area (TPSA) is 42.0 Å². The number of halogens is 1. The first kappa shape index (κ1) is 17.4. The molecule has 2 aliphatic rings. The highest BCUT2D eigenvalue weighted by Gasteiger charge is 2.41. The smallest absolute Gasteiger partial charge is 0.162 e. The summed E-state index contributed by atoms with van der Waals surface area (Å²) < 4.78 is 0. The Balaban J connectivity index is 1.81. The Kier molecular flexibility index (Phi) is 3.85. The van der Waals surface area contributed by atoms with Crippen molar-refractivity contribution >= 4 is 34.0 Å². The number of anilines is 1. The number of ketones is 1. The van der Waals surface area contributed by atoms with Crippen molar-refractivity contribution in [2.24, 2.45) is 5.41 Å². The third-order valence-electron chi connectivity index (χ3n) is 5.81. The minimum absolute atomic E-state index is 0.0383. The van der Waals surface area contributed by atoms with E-state index >= 15 is 0 Å². The van der Waals surface area contributed by atoms with Crippen molar-refractivity contribution in [1.82, 2.24) is 4.98 Å². The molecule has 5 rings (SSSR count). The third-order valence-corrected chi connectivity index (χ3v) is 6.06. The molecule has 28 heavy (non-hydrogen) atoms. The second kappa shape index (κ2) is 6.18. The van der Waals surface area contributed by atoms with E-state index < -0.39 is 0 Å². The van der Waals surface area contributed by atoms with E-state index in [4.69, 9.17) is 11.6 Å². The van der Waals surface area contributed by atoms with Crippen LogP contribution in [0.4, 0.5) is 5.69 Å². The first-order valence-electron chi connectivity index (χ1n) is 9.59. The van der Waals surface area contributed by atoms with Crippen molar-refractivity contribution in [2.45, 2.75) is 32.6 Å². The summed E-state index contributed by atoms with van der Waals surface area (Å²) in [5.41, 5.74) is 6.12. The van der Waals surface area contributed by atoms with Gasteiger partial charge in [0.2, 0.25) is 0 Å². The molecule has 3 nitrogen and oxygen atoms in total. The van der Waals surface area contributed by atoms with Crippen LogP contribution in [-0.4, -0.2) is 10.8 Å². The molecule has 0 spiro atoms. The number of Topliss-reactive ketones (excluding diaryl/α,β-unsaturated/α-hetero) is 1. The van der Waals surface area contributed by atoms with Gasteiger partial charge in [-0.15, -0.1) is 0 Å². The monoisotopic (exact) mass is 388 g/mol. The molecule has 4 heteroatoms. The molecule has 0 saturated heterocycles. The zero-order chi connectivity index (χ0) is 19.5. The average molecular weight is 389 g/mol. The van der Waals surface area contributed by atoms with E-state index in [-0.39, 0.29) is 17.1 Å². The molecule has 140 valence electrons. The summed E-state index contributed by atoms with van der Waals surface area (Å²) in [4.78, 5) is 17.8. The predicted molar refractivity (Wildman–Crippen MR) is 114 cm³/mol. The molecular formula is C24H21ClN2O. The number of rotatable bonds is 1. The van der Waals surface area contributed by atoms with Gasteiger partial charge in [-0.25, -0.2) is 0 Å². The Hall–Kier alpha value is -2.65. The lowest BCUT2D eigenvalue weighted by molar-refractivity contribution is -0.118. The van der Waals surface area contributed by atoms with Crippen LogP contribution in [0.25, 0.3) is 10.9 Å². The third kappa shape index (κ3) is 2.73. The van der Waals surface area contributed by atoms with Crippen molar-refractivity contribution in [1.29, 1.82) is 0 Å². The number of carbonyl (C=O) groups is 1. The largest absolute Gasteiger partial charge is 0.358 e.